The van der Waals surface area contributed by atoms with Gasteiger partial charge in [-0.25, -0.2) is 0 Å². The van der Waals surface area contributed by atoms with Crippen molar-refractivity contribution in [1.82, 2.24) is 0 Å². The largest absolute Gasteiger partial charge is 0.350 e. The van der Waals surface area contributed by atoms with E-state index in [0.29, 0.717) is 5.92 Å². The van der Waals surface area contributed by atoms with Gasteiger partial charge in [-0.2, -0.15) is 0 Å². The molecule has 0 amide bonds. The topological polar surface area (TPSA) is 18.5 Å². The van der Waals surface area contributed by atoms with Crippen LogP contribution in [0.2, 0.25) is 0 Å². The van der Waals surface area contributed by atoms with Crippen LogP contribution < -0.4 is 0 Å². The summed E-state index contributed by atoms with van der Waals surface area (Å²) in [4.78, 5) is 0. The van der Waals surface area contributed by atoms with E-state index in [-0.39, 0.29) is 6.29 Å². The standard InChI is InChI=1S/C11H22O2/c1-3-5-7-10(6-4-2)11-12-8-9-13-11/h10-11H,3-9H2,1-2H3. The number of hydrogen-bond donors (Lipinski definition) is 0. The Morgan fingerprint density at radius 1 is 1.08 bits per heavy atom. The van der Waals surface area contributed by atoms with Gasteiger partial charge in [0, 0.05) is 5.92 Å². The molecule has 0 spiro atoms. The molecule has 0 aromatic carbocycles. The summed E-state index contributed by atoms with van der Waals surface area (Å²) >= 11 is 0. The lowest BCUT2D eigenvalue weighted by atomic mass is 9.96. The second-order valence-electron chi connectivity index (χ2n) is 3.80. The van der Waals surface area contributed by atoms with E-state index in [9.17, 15) is 0 Å². The maximum atomic E-state index is 5.54. The van der Waals surface area contributed by atoms with Gasteiger partial charge in [0.1, 0.15) is 0 Å². The summed E-state index contributed by atoms with van der Waals surface area (Å²) in [6.45, 7) is 6.04. The zero-order valence-corrected chi connectivity index (χ0v) is 8.92. The Morgan fingerprint density at radius 3 is 2.31 bits per heavy atom. The van der Waals surface area contributed by atoms with E-state index in [2.05, 4.69) is 13.8 Å². The molecular weight excluding hydrogens is 164 g/mol. The molecule has 0 saturated carbocycles. The van der Waals surface area contributed by atoms with Gasteiger partial charge in [0.25, 0.3) is 0 Å². The summed E-state index contributed by atoms with van der Waals surface area (Å²) in [5.74, 6) is 0.632. The lowest BCUT2D eigenvalue weighted by Gasteiger charge is -2.21. The van der Waals surface area contributed by atoms with E-state index in [1.165, 1.54) is 32.1 Å². The monoisotopic (exact) mass is 186 g/mol. The normalized spacial score (nSPS) is 20.8. The summed E-state index contributed by atoms with van der Waals surface area (Å²) in [7, 11) is 0. The van der Waals surface area contributed by atoms with Gasteiger partial charge >= 0.3 is 0 Å². The SMILES string of the molecule is CCCCC(CCC)C1OCCO1. The molecule has 78 valence electrons. The third kappa shape index (κ3) is 3.65. The first-order chi connectivity index (χ1) is 6.38. The molecule has 13 heavy (non-hydrogen) atoms. The maximum Gasteiger partial charge on any atom is 0.160 e. The second kappa shape index (κ2) is 6.39. The van der Waals surface area contributed by atoms with Gasteiger partial charge in [0.05, 0.1) is 13.2 Å². The van der Waals surface area contributed by atoms with Crippen LogP contribution in [-0.2, 0) is 9.47 Å². The van der Waals surface area contributed by atoms with Gasteiger partial charge in [0.2, 0.25) is 0 Å². The van der Waals surface area contributed by atoms with Crippen LogP contribution in [0.25, 0.3) is 0 Å². The molecule has 1 aliphatic rings. The average molecular weight is 186 g/mol. The predicted octanol–water partition coefficient (Wildman–Crippen LogP) is 2.97. The smallest absolute Gasteiger partial charge is 0.160 e. The Labute approximate surface area is 81.6 Å². The Balaban J connectivity index is 2.26. The highest BCUT2D eigenvalue weighted by atomic mass is 16.7. The van der Waals surface area contributed by atoms with Crippen LogP contribution in [0.4, 0.5) is 0 Å². The zero-order valence-electron chi connectivity index (χ0n) is 8.92. The predicted molar refractivity (Wildman–Crippen MR) is 53.6 cm³/mol. The highest BCUT2D eigenvalue weighted by Crippen LogP contribution is 2.24. The van der Waals surface area contributed by atoms with Gasteiger partial charge in [0.15, 0.2) is 6.29 Å². The summed E-state index contributed by atoms with van der Waals surface area (Å²) in [6.07, 6.45) is 6.41. The molecule has 1 atom stereocenters. The van der Waals surface area contributed by atoms with E-state index in [0.717, 1.165) is 13.2 Å². The molecule has 1 unspecified atom stereocenters. The van der Waals surface area contributed by atoms with Crippen molar-refractivity contribution in [3.05, 3.63) is 0 Å². The summed E-state index contributed by atoms with van der Waals surface area (Å²) in [6, 6.07) is 0. The molecule has 0 bridgehead atoms. The molecule has 2 nitrogen and oxygen atoms in total. The van der Waals surface area contributed by atoms with Crippen molar-refractivity contribution in [2.75, 3.05) is 13.2 Å². The summed E-state index contributed by atoms with van der Waals surface area (Å²) in [5, 5.41) is 0. The van der Waals surface area contributed by atoms with Crippen LogP contribution in [0, 0.1) is 5.92 Å². The van der Waals surface area contributed by atoms with Gasteiger partial charge < -0.3 is 9.47 Å². The fraction of sp³-hybridized carbons (Fsp3) is 1.00. The van der Waals surface area contributed by atoms with Crippen LogP contribution in [0.1, 0.15) is 46.0 Å². The third-order valence-corrected chi connectivity index (χ3v) is 2.62. The Kier molecular flexibility index (Phi) is 5.40. The van der Waals surface area contributed by atoms with Crippen LogP contribution in [0.5, 0.6) is 0 Å². The molecule has 0 aliphatic carbocycles. The molecule has 0 aromatic rings. The highest BCUT2D eigenvalue weighted by molar-refractivity contribution is 4.66. The number of ether oxygens (including phenoxy) is 2. The minimum absolute atomic E-state index is 0.103. The molecule has 1 aliphatic heterocycles. The van der Waals surface area contributed by atoms with Crippen molar-refractivity contribution in [2.24, 2.45) is 5.92 Å². The average Bonchev–Trinajstić information content (AvgIpc) is 2.65. The van der Waals surface area contributed by atoms with Gasteiger partial charge in [-0.3, -0.25) is 0 Å². The van der Waals surface area contributed by atoms with Crippen LogP contribution in [0.15, 0.2) is 0 Å². The number of unbranched alkanes of at least 4 members (excludes halogenated alkanes) is 1. The fourth-order valence-electron chi connectivity index (χ4n) is 1.90. The van der Waals surface area contributed by atoms with Gasteiger partial charge in [-0.1, -0.05) is 33.1 Å². The molecule has 2 heteroatoms. The Hall–Kier alpha value is -0.0800. The number of hydrogen-bond acceptors (Lipinski definition) is 2. The molecule has 0 aromatic heterocycles. The van der Waals surface area contributed by atoms with E-state index in [1.54, 1.807) is 0 Å². The molecule has 1 heterocycles. The quantitative estimate of drug-likeness (QED) is 0.635. The fourth-order valence-corrected chi connectivity index (χ4v) is 1.90. The summed E-state index contributed by atoms with van der Waals surface area (Å²) < 4.78 is 11.1. The highest BCUT2D eigenvalue weighted by Gasteiger charge is 2.25. The minimum atomic E-state index is 0.103. The van der Waals surface area contributed by atoms with E-state index < -0.39 is 0 Å². The first-order valence-corrected chi connectivity index (χ1v) is 5.61. The first kappa shape index (κ1) is 11.0. The van der Waals surface area contributed by atoms with Crippen molar-refractivity contribution in [1.29, 1.82) is 0 Å². The summed E-state index contributed by atoms with van der Waals surface area (Å²) in [5.41, 5.74) is 0. The lowest BCUT2D eigenvalue weighted by Crippen LogP contribution is -2.21. The van der Waals surface area contributed by atoms with Crippen LogP contribution in [-0.4, -0.2) is 19.5 Å². The second-order valence-corrected chi connectivity index (χ2v) is 3.80. The van der Waals surface area contributed by atoms with E-state index in [1.807, 2.05) is 0 Å². The van der Waals surface area contributed by atoms with Crippen LogP contribution in [0.3, 0.4) is 0 Å². The van der Waals surface area contributed by atoms with Gasteiger partial charge in [-0.15, -0.1) is 0 Å². The maximum absolute atomic E-state index is 5.54. The van der Waals surface area contributed by atoms with Crippen molar-refractivity contribution in [3.8, 4) is 0 Å². The minimum Gasteiger partial charge on any atom is -0.350 e. The Bertz CT molecular complexity index is 119. The molecule has 1 fully saturated rings. The Morgan fingerprint density at radius 2 is 1.77 bits per heavy atom. The lowest BCUT2D eigenvalue weighted by molar-refractivity contribution is -0.0881. The number of rotatable bonds is 6. The van der Waals surface area contributed by atoms with E-state index in [4.69, 9.17) is 9.47 Å². The first-order valence-electron chi connectivity index (χ1n) is 5.61. The van der Waals surface area contributed by atoms with Crippen molar-refractivity contribution in [2.45, 2.75) is 52.2 Å². The molecule has 0 radical (unpaired) electrons. The molecule has 1 rings (SSSR count). The van der Waals surface area contributed by atoms with Crippen molar-refractivity contribution < 1.29 is 9.47 Å². The third-order valence-electron chi connectivity index (χ3n) is 2.62. The zero-order chi connectivity index (χ0) is 9.52. The van der Waals surface area contributed by atoms with Crippen molar-refractivity contribution >= 4 is 0 Å². The molecule has 1 saturated heterocycles. The molecular formula is C11H22O2. The van der Waals surface area contributed by atoms with Crippen LogP contribution >= 0.6 is 0 Å². The molecule has 0 N–H and O–H groups in total. The van der Waals surface area contributed by atoms with Gasteiger partial charge in [-0.05, 0) is 12.8 Å². The van der Waals surface area contributed by atoms with E-state index >= 15 is 0 Å². The van der Waals surface area contributed by atoms with Crippen molar-refractivity contribution in [3.63, 3.8) is 0 Å².